The average molecular weight is 1330 g/mol. The molecule has 12 aromatic rings. The van der Waals surface area contributed by atoms with Crippen LogP contribution in [0.15, 0.2) is 189 Å². The lowest BCUT2D eigenvalue weighted by atomic mass is 9.95. The van der Waals surface area contributed by atoms with Crippen molar-refractivity contribution < 1.29 is 64.4 Å². The molecular weight excluding hydrogens is 1270 g/mol. The zero-order chi connectivity index (χ0) is 69.3. The highest BCUT2D eigenvalue weighted by atomic mass is 35.5. The van der Waals surface area contributed by atoms with Gasteiger partial charge in [0.25, 0.3) is 0 Å². The van der Waals surface area contributed by atoms with Crippen LogP contribution >= 0.6 is 11.6 Å². The molecule has 0 radical (unpaired) electrons. The van der Waals surface area contributed by atoms with Gasteiger partial charge in [-0.15, -0.1) is 0 Å². The van der Waals surface area contributed by atoms with Gasteiger partial charge in [0, 0.05) is 135 Å². The molecule has 0 unspecified atom stereocenters. The number of aliphatic hydroxyl groups excluding tert-OH is 4. The van der Waals surface area contributed by atoms with Gasteiger partial charge in [-0.3, -0.25) is 38.7 Å². The highest BCUT2D eigenvalue weighted by Crippen LogP contribution is 2.39. The number of hydrogen-bond acceptors (Lipinski definition) is 16. The molecule has 494 valence electrons. The summed E-state index contributed by atoms with van der Waals surface area (Å²) in [5.41, 5.74) is 14.2. The molecule has 0 aliphatic carbocycles. The molecular formula is C71H64ClFN12O12. The fourth-order valence-electron chi connectivity index (χ4n) is 10.4. The number of carboxylic acids is 4. The maximum absolute atomic E-state index is 14.3. The SMILES string of the molecule is Cc1cc(-c2nn(CCO)cc2-c2cccc(C(=O)O)c2C)ccn1.Cc1ccc(C(=O)O)cc1-c1cn(CCO)nc1-c1ccncc1.O=C(O)c1ccc(Cl)c(-c2cn(CCO)nc2-c2ccncc2)c1.O=C(O)c1ccc(F)c(-c2cn(CCO)nc2-c2ccncc2)c1. The third-order valence-corrected chi connectivity index (χ3v) is 15.4. The molecule has 0 saturated heterocycles. The Morgan fingerprint density at radius 2 is 0.773 bits per heavy atom. The van der Waals surface area contributed by atoms with Crippen LogP contribution in [-0.4, -0.2) is 150 Å². The summed E-state index contributed by atoms with van der Waals surface area (Å²) in [7, 11) is 0. The van der Waals surface area contributed by atoms with Crippen molar-refractivity contribution in [1.82, 2.24) is 59.1 Å². The number of aliphatic hydroxyl groups is 4. The monoisotopic (exact) mass is 1330 g/mol. The average Bonchev–Trinajstić information content (AvgIpc) is 1.72. The molecule has 97 heavy (non-hydrogen) atoms. The van der Waals surface area contributed by atoms with Gasteiger partial charge in [0.2, 0.25) is 0 Å². The lowest BCUT2D eigenvalue weighted by molar-refractivity contribution is 0.0685. The number of halogens is 2. The number of pyridine rings is 4. The third kappa shape index (κ3) is 17.0. The zero-order valence-corrected chi connectivity index (χ0v) is 53.1. The normalized spacial score (nSPS) is 10.8. The standard InChI is InChI=1S/C19H19N3O3.C18H17N3O3.C17H14ClN3O3.C17H14FN3O3/c1-12-10-14(6-7-20-12)18-17(11-22(21-18)8-9-23)15-4-3-5-16(13(15)2)19(24)25;1-12-2-3-14(18(23)24)10-15(12)16-11-21(8-9-22)20-17(16)13-4-6-19-7-5-13;2*18-15-2-1-12(17(23)24)9-13(15)14-10-21(7-8-22)20-16(14)11-3-5-19-6-4-11/h3-7,10-11,23H,8-9H2,1-2H3,(H,24,25);2-7,10-11,22H,8-9H2,1H3,(H,23,24);2*1-6,9-10,22H,7-8H2,(H,23,24). The van der Waals surface area contributed by atoms with E-state index in [9.17, 15) is 49.1 Å². The van der Waals surface area contributed by atoms with Crippen LogP contribution in [0.3, 0.4) is 0 Å². The maximum Gasteiger partial charge on any atom is 0.335 e. The summed E-state index contributed by atoms with van der Waals surface area (Å²) in [6.45, 7) is 6.73. The van der Waals surface area contributed by atoms with Crippen molar-refractivity contribution in [1.29, 1.82) is 0 Å². The molecule has 8 N–H and O–H groups in total. The van der Waals surface area contributed by atoms with Gasteiger partial charge in [-0.2, -0.15) is 20.4 Å². The van der Waals surface area contributed by atoms with Crippen LogP contribution in [0.25, 0.3) is 89.5 Å². The molecule has 0 aliphatic rings. The van der Waals surface area contributed by atoms with E-state index in [0.29, 0.717) is 58.3 Å². The molecule has 4 aromatic carbocycles. The molecule has 0 bridgehead atoms. The van der Waals surface area contributed by atoms with Crippen LogP contribution in [0.2, 0.25) is 5.02 Å². The fourth-order valence-corrected chi connectivity index (χ4v) is 10.6. The molecule has 0 aliphatic heterocycles. The first-order chi connectivity index (χ1) is 46.8. The summed E-state index contributed by atoms with van der Waals surface area (Å²) >= 11 is 6.29. The Hall–Kier alpha value is -11.7. The molecule has 24 nitrogen and oxygen atoms in total. The van der Waals surface area contributed by atoms with E-state index in [1.807, 2.05) is 68.7 Å². The minimum atomic E-state index is -1.13. The van der Waals surface area contributed by atoms with Crippen LogP contribution in [0.4, 0.5) is 4.39 Å². The molecule has 12 rings (SSSR count). The topological polar surface area (TPSA) is 353 Å². The number of carbonyl (C=O) groups is 4. The smallest absolute Gasteiger partial charge is 0.335 e. The second-order valence-corrected chi connectivity index (χ2v) is 21.9. The van der Waals surface area contributed by atoms with E-state index in [1.165, 1.54) is 28.9 Å². The second kappa shape index (κ2) is 32.4. The van der Waals surface area contributed by atoms with Gasteiger partial charge in [-0.1, -0.05) is 29.8 Å². The predicted molar refractivity (Wildman–Crippen MR) is 359 cm³/mol. The van der Waals surface area contributed by atoms with Crippen molar-refractivity contribution in [2.75, 3.05) is 26.4 Å². The predicted octanol–water partition coefficient (Wildman–Crippen LogP) is 10.9. The van der Waals surface area contributed by atoms with Gasteiger partial charge >= 0.3 is 23.9 Å². The number of benzene rings is 4. The fraction of sp³-hybridized carbons (Fsp3) is 0.155. The van der Waals surface area contributed by atoms with E-state index >= 15 is 0 Å². The van der Waals surface area contributed by atoms with E-state index in [1.54, 1.807) is 125 Å². The first kappa shape index (κ1) is 69.6. The third-order valence-electron chi connectivity index (χ3n) is 15.0. The van der Waals surface area contributed by atoms with Crippen molar-refractivity contribution >= 4 is 35.5 Å². The van der Waals surface area contributed by atoms with Gasteiger partial charge in [0.15, 0.2) is 0 Å². The van der Waals surface area contributed by atoms with E-state index in [2.05, 4.69) is 40.3 Å². The number of nitrogens with zero attached hydrogens (tertiary/aromatic N) is 12. The Labute approximate surface area is 558 Å². The van der Waals surface area contributed by atoms with Crippen LogP contribution < -0.4 is 0 Å². The van der Waals surface area contributed by atoms with Crippen LogP contribution in [0.5, 0.6) is 0 Å². The molecule has 0 spiro atoms. The Balaban J connectivity index is 0.000000152. The molecule has 8 aromatic heterocycles. The van der Waals surface area contributed by atoms with E-state index in [0.717, 1.165) is 73.2 Å². The molecule has 8 heterocycles. The number of hydrogen-bond donors (Lipinski definition) is 8. The summed E-state index contributed by atoms with van der Waals surface area (Å²) in [5.74, 6) is -4.63. The lowest BCUT2D eigenvalue weighted by Gasteiger charge is -2.09. The number of rotatable bonds is 20. The molecule has 0 amide bonds. The summed E-state index contributed by atoms with van der Waals surface area (Å²) in [4.78, 5) is 61.3. The first-order valence-electron chi connectivity index (χ1n) is 29.9. The van der Waals surface area contributed by atoms with Gasteiger partial charge in [-0.05, 0) is 146 Å². The highest BCUT2D eigenvalue weighted by molar-refractivity contribution is 6.33. The van der Waals surface area contributed by atoms with E-state index in [-0.39, 0.29) is 60.8 Å². The van der Waals surface area contributed by atoms with Gasteiger partial charge in [0.05, 0.1) is 74.9 Å². The second-order valence-electron chi connectivity index (χ2n) is 21.5. The Kier molecular flexibility index (Phi) is 23.3. The summed E-state index contributed by atoms with van der Waals surface area (Å²) in [6, 6.07) is 33.0. The minimum Gasteiger partial charge on any atom is -0.478 e. The summed E-state index contributed by atoms with van der Waals surface area (Å²) < 4.78 is 20.8. The van der Waals surface area contributed by atoms with Crippen molar-refractivity contribution in [2.24, 2.45) is 0 Å². The highest BCUT2D eigenvalue weighted by Gasteiger charge is 2.23. The van der Waals surface area contributed by atoms with Crippen LogP contribution in [0, 0.1) is 26.6 Å². The van der Waals surface area contributed by atoms with Crippen molar-refractivity contribution in [2.45, 2.75) is 47.0 Å². The molecule has 26 heteroatoms. The van der Waals surface area contributed by atoms with Crippen LogP contribution in [-0.2, 0) is 26.2 Å². The Bertz CT molecular complexity index is 4400. The molecule has 0 atom stereocenters. The zero-order valence-electron chi connectivity index (χ0n) is 52.4. The number of aromatic nitrogens is 12. The largest absolute Gasteiger partial charge is 0.478 e. The van der Waals surface area contributed by atoms with Gasteiger partial charge in [0.1, 0.15) is 28.6 Å². The van der Waals surface area contributed by atoms with Crippen molar-refractivity contribution in [3.8, 4) is 89.5 Å². The quantitative estimate of drug-likeness (QED) is 0.0351. The maximum atomic E-state index is 14.3. The van der Waals surface area contributed by atoms with E-state index in [4.69, 9.17) is 26.9 Å². The van der Waals surface area contributed by atoms with Gasteiger partial charge < -0.3 is 40.9 Å². The van der Waals surface area contributed by atoms with Crippen LogP contribution in [0.1, 0.15) is 58.3 Å². The molecule has 0 fully saturated rings. The number of aryl methyl sites for hydroxylation is 2. The van der Waals surface area contributed by atoms with Gasteiger partial charge in [-0.25, -0.2) is 23.6 Å². The summed E-state index contributed by atoms with van der Waals surface area (Å²) in [5, 5.41) is 92.1. The minimum absolute atomic E-state index is 0.0120. The number of aromatic carboxylic acids is 4. The molecule has 0 saturated carbocycles. The Morgan fingerprint density at radius 3 is 1.20 bits per heavy atom. The Morgan fingerprint density at radius 1 is 0.402 bits per heavy atom. The summed E-state index contributed by atoms with van der Waals surface area (Å²) in [6.07, 6.45) is 18.6. The lowest BCUT2D eigenvalue weighted by Crippen LogP contribution is -2.02. The van der Waals surface area contributed by atoms with E-state index < -0.39 is 29.7 Å². The number of carboxylic acid groups (broad SMARTS) is 4. The van der Waals surface area contributed by atoms with Crippen molar-refractivity contribution in [3.63, 3.8) is 0 Å². The first-order valence-corrected chi connectivity index (χ1v) is 30.3. The van der Waals surface area contributed by atoms with Crippen molar-refractivity contribution in [3.05, 3.63) is 239 Å².